The third kappa shape index (κ3) is 3.46. The molecule has 1 amide bonds. The van der Waals surface area contributed by atoms with Gasteiger partial charge in [0.25, 0.3) is 5.91 Å². The van der Waals surface area contributed by atoms with Crippen LogP contribution in [0.3, 0.4) is 0 Å². The van der Waals surface area contributed by atoms with Gasteiger partial charge in [-0.2, -0.15) is 0 Å². The molecule has 1 aromatic heterocycles. The van der Waals surface area contributed by atoms with Gasteiger partial charge in [-0.05, 0) is 12.0 Å². The molecule has 5 nitrogen and oxygen atoms in total. The summed E-state index contributed by atoms with van der Waals surface area (Å²) in [6.07, 6.45) is 0. The van der Waals surface area contributed by atoms with Gasteiger partial charge < -0.3 is 10.5 Å². The highest BCUT2D eigenvalue weighted by molar-refractivity contribution is 7.14. The van der Waals surface area contributed by atoms with Crippen LogP contribution in [0.15, 0.2) is 17.5 Å². The average molecular weight is 326 g/mol. The monoisotopic (exact) mass is 325 g/mol. The number of ether oxygens (including phenoxy) is 1. The number of thiazole rings is 1. The van der Waals surface area contributed by atoms with E-state index in [-0.39, 0.29) is 5.91 Å². The zero-order chi connectivity index (χ0) is 15.6. The van der Waals surface area contributed by atoms with Crippen LogP contribution in [-0.4, -0.2) is 18.0 Å². The van der Waals surface area contributed by atoms with Gasteiger partial charge in [-0.1, -0.05) is 25.4 Å². The summed E-state index contributed by atoms with van der Waals surface area (Å²) in [6.45, 7) is 4.09. The van der Waals surface area contributed by atoms with Crippen molar-refractivity contribution in [3.63, 3.8) is 0 Å². The first-order valence-electron chi connectivity index (χ1n) is 6.32. The molecule has 0 atom stereocenters. The van der Waals surface area contributed by atoms with Gasteiger partial charge in [0, 0.05) is 11.4 Å². The Morgan fingerprint density at radius 2 is 2.19 bits per heavy atom. The lowest BCUT2D eigenvalue weighted by Gasteiger charge is -2.10. The number of anilines is 2. The van der Waals surface area contributed by atoms with Gasteiger partial charge in [0.05, 0.1) is 29.1 Å². The number of carbonyl (C=O) groups is 1. The van der Waals surface area contributed by atoms with Gasteiger partial charge in [0.1, 0.15) is 5.75 Å². The van der Waals surface area contributed by atoms with E-state index < -0.39 is 0 Å². The maximum Gasteiger partial charge on any atom is 0.261 e. The Morgan fingerprint density at radius 1 is 1.48 bits per heavy atom. The van der Waals surface area contributed by atoms with Crippen LogP contribution < -0.4 is 15.8 Å². The molecule has 7 heteroatoms. The number of methoxy groups -OCH3 is 1. The second kappa shape index (κ2) is 6.32. The smallest absolute Gasteiger partial charge is 0.261 e. The van der Waals surface area contributed by atoms with E-state index in [1.54, 1.807) is 0 Å². The first-order valence-corrected chi connectivity index (χ1v) is 7.58. The highest BCUT2D eigenvalue weighted by Crippen LogP contribution is 2.30. The first-order chi connectivity index (χ1) is 9.92. The standard InChI is InChI=1S/C14H16ClN3O2S/c1-7(2)11-6-21-14(17-11)18-13(19)8-4-9(15)10(16)5-12(8)20-3/h4-7H,16H2,1-3H3,(H,17,18,19). The molecular formula is C14H16ClN3O2S. The number of aromatic nitrogens is 1. The lowest BCUT2D eigenvalue weighted by Crippen LogP contribution is -2.13. The average Bonchev–Trinajstić information content (AvgIpc) is 2.89. The van der Waals surface area contributed by atoms with E-state index in [2.05, 4.69) is 10.3 Å². The van der Waals surface area contributed by atoms with E-state index in [4.69, 9.17) is 22.1 Å². The summed E-state index contributed by atoms with van der Waals surface area (Å²) in [4.78, 5) is 16.7. The number of hydrogen-bond donors (Lipinski definition) is 2. The van der Waals surface area contributed by atoms with Crippen LogP contribution in [0.25, 0.3) is 0 Å². The van der Waals surface area contributed by atoms with Crippen LogP contribution in [-0.2, 0) is 0 Å². The van der Waals surface area contributed by atoms with E-state index >= 15 is 0 Å². The molecule has 21 heavy (non-hydrogen) atoms. The molecule has 1 aromatic carbocycles. The van der Waals surface area contributed by atoms with Crippen molar-refractivity contribution in [1.82, 2.24) is 4.98 Å². The molecule has 0 bridgehead atoms. The van der Waals surface area contributed by atoms with Crippen molar-refractivity contribution in [2.24, 2.45) is 0 Å². The van der Waals surface area contributed by atoms with Crippen molar-refractivity contribution in [2.45, 2.75) is 19.8 Å². The molecule has 3 N–H and O–H groups in total. The molecule has 0 fully saturated rings. The third-order valence-corrected chi connectivity index (χ3v) is 4.00. The van der Waals surface area contributed by atoms with Gasteiger partial charge in [-0.25, -0.2) is 4.98 Å². The van der Waals surface area contributed by atoms with Crippen LogP contribution in [0.2, 0.25) is 5.02 Å². The molecule has 0 aliphatic heterocycles. The Morgan fingerprint density at radius 3 is 2.76 bits per heavy atom. The number of nitrogens with two attached hydrogens (primary N) is 1. The number of nitrogen functional groups attached to an aromatic ring is 1. The van der Waals surface area contributed by atoms with Crippen molar-refractivity contribution in [1.29, 1.82) is 0 Å². The number of amides is 1. The van der Waals surface area contributed by atoms with E-state index in [0.717, 1.165) is 5.69 Å². The summed E-state index contributed by atoms with van der Waals surface area (Å²) in [7, 11) is 1.47. The first kappa shape index (κ1) is 15.6. The molecular weight excluding hydrogens is 310 g/mol. The fourth-order valence-electron chi connectivity index (χ4n) is 1.69. The Balaban J connectivity index is 2.25. The van der Waals surface area contributed by atoms with E-state index in [0.29, 0.717) is 33.1 Å². The number of nitrogens with zero attached hydrogens (tertiary/aromatic N) is 1. The van der Waals surface area contributed by atoms with E-state index in [9.17, 15) is 4.79 Å². The number of hydrogen-bond acceptors (Lipinski definition) is 5. The Bertz CT molecular complexity index is 670. The molecule has 0 spiro atoms. The fraction of sp³-hybridized carbons (Fsp3) is 0.286. The van der Waals surface area contributed by atoms with E-state index in [1.807, 2.05) is 19.2 Å². The largest absolute Gasteiger partial charge is 0.496 e. The highest BCUT2D eigenvalue weighted by atomic mass is 35.5. The maximum absolute atomic E-state index is 12.3. The van der Waals surface area contributed by atoms with Gasteiger partial charge in [-0.3, -0.25) is 10.1 Å². The van der Waals surface area contributed by atoms with Gasteiger partial charge in [0.15, 0.2) is 5.13 Å². The highest BCUT2D eigenvalue weighted by Gasteiger charge is 2.17. The number of nitrogens with one attached hydrogen (secondary N) is 1. The predicted octanol–water partition coefficient (Wildman–Crippen LogP) is 3.76. The zero-order valence-electron chi connectivity index (χ0n) is 11.9. The summed E-state index contributed by atoms with van der Waals surface area (Å²) in [5, 5.41) is 5.52. The van der Waals surface area contributed by atoms with Crippen LogP contribution in [0.1, 0.15) is 35.8 Å². The van der Waals surface area contributed by atoms with Crippen LogP contribution in [0.4, 0.5) is 10.8 Å². The SMILES string of the molecule is COc1cc(N)c(Cl)cc1C(=O)Nc1nc(C(C)C)cs1. The van der Waals surface area contributed by atoms with Crippen LogP contribution >= 0.6 is 22.9 Å². The molecule has 0 radical (unpaired) electrons. The molecule has 1 heterocycles. The Kier molecular flexibility index (Phi) is 4.69. The second-order valence-corrected chi connectivity index (χ2v) is 6.03. The molecule has 0 saturated carbocycles. The Hall–Kier alpha value is -1.79. The van der Waals surface area contributed by atoms with Crippen LogP contribution in [0, 0.1) is 0 Å². The van der Waals surface area contributed by atoms with Crippen LogP contribution in [0.5, 0.6) is 5.75 Å². The summed E-state index contributed by atoms with van der Waals surface area (Å²) >= 11 is 7.34. The molecule has 2 aromatic rings. The molecule has 112 valence electrons. The van der Waals surface area contributed by atoms with Gasteiger partial charge in [-0.15, -0.1) is 11.3 Å². The quantitative estimate of drug-likeness (QED) is 0.839. The number of halogens is 1. The lowest BCUT2D eigenvalue weighted by atomic mass is 10.1. The third-order valence-electron chi connectivity index (χ3n) is 2.90. The van der Waals surface area contributed by atoms with Gasteiger partial charge in [0.2, 0.25) is 0 Å². The summed E-state index contributed by atoms with van der Waals surface area (Å²) < 4.78 is 5.17. The molecule has 0 unspecified atom stereocenters. The molecule has 0 aliphatic carbocycles. The van der Waals surface area contributed by atoms with Crippen molar-refractivity contribution in [3.05, 3.63) is 33.8 Å². The number of benzene rings is 1. The molecule has 2 rings (SSSR count). The Labute approximate surface area is 132 Å². The second-order valence-electron chi connectivity index (χ2n) is 4.76. The predicted molar refractivity (Wildman–Crippen MR) is 86.6 cm³/mol. The summed E-state index contributed by atoms with van der Waals surface area (Å²) in [6, 6.07) is 3.01. The minimum atomic E-state index is -0.335. The van der Waals surface area contributed by atoms with Crippen molar-refractivity contribution >= 4 is 39.7 Å². The topological polar surface area (TPSA) is 77.2 Å². The van der Waals surface area contributed by atoms with E-state index in [1.165, 1.54) is 30.6 Å². The normalized spacial score (nSPS) is 10.7. The summed E-state index contributed by atoms with van der Waals surface area (Å²) in [5.74, 6) is 0.348. The van der Waals surface area contributed by atoms with Crippen molar-refractivity contribution in [3.8, 4) is 5.75 Å². The maximum atomic E-state index is 12.3. The number of carbonyl (C=O) groups excluding carboxylic acids is 1. The number of rotatable bonds is 4. The summed E-state index contributed by atoms with van der Waals surface area (Å²) in [5.41, 5.74) is 7.32. The van der Waals surface area contributed by atoms with Crippen molar-refractivity contribution < 1.29 is 9.53 Å². The lowest BCUT2D eigenvalue weighted by molar-refractivity contribution is 0.102. The van der Waals surface area contributed by atoms with Gasteiger partial charge >= 0.3 is 0 Å². The minimum Gasteiger partial charge on any atom is -0.496 e. The molecule has 0 aliphatic rings. The fourth-order valence-corrected chi connectivity index (χ4v) is 2.72. The minimum absolute atomic E-state index is 0.308. The molecule has 0 saturated heterocycles. The zero-order valence-corrected chi connectivity index (χ0v) is 13.5. The van der Waals surface area contributed by atoms with Crippen molar-refractivity contribution in [2.75, 3.05) is 18.2 Å².